The fraction of sp³-hybridized carbons (Fsp3) is 0.350. The number of carbonyl (C=O) groups excluding carboxylic acids is 1. The molecule has 0 saturated carbocycles. The van der Waals surface area contributed by atoms with Crippen LogP contribution < -0.4 is 10.1 Å². The van der Waals surface area contributed by atoms with E-state index in [0.717, 1.165) is 12.1 Å². The molecule has 29 heavy (non-hydrogen) atoms. The van der Waals surface area contributed by atoms with E-state index in [-0.39, 0.29) is 23.6 Å². The summed E-state index contributed by atoms with van der Waals surface area (Å²) in [6.07, 6.45) is -5.06. The Labute approximate surface area is 171 Å². The highest BCUT2D eigenvalue weighted by Crippen LogP contribution is 2.36. The van der Waals surface area contributed by atoms with Crippen LogP contribution in [-0.2, 0) is 10.9 Å². The quantitative estimate of drug-likeness (QED) is 0.561. The molecule has 0 aliphatic heterocycles. The molecule has 9 heteroatoms. The van der Waals surface area contributed by atoms with Crippen molar-refractivity contribution in [3.8, 4) is 5.75 Å². The van der Waals surface area contributed by atoms with Crippen molar-refractivity contribution < 1.29 is 32.5 Å². The van der Waals surface area contributed by atoms with Crippen molar-refractivity contribution in [1.82, 2.24) is 0 Å². The van der Waals surface area contributed by atoms with Crippen molar-refractivity contribution in [2.45, 2.75) is 25.6 Å². The second kappa shape index (κ2) is 10.5. The largest absolute Gasteiger partial charge is 0.490 e. The minimum absolute atomic E-state index is 0.0572. The van der Waals surface area contributed by atoms with E-state index in [0.29, 0.717) is 19.6 Å². The van der Waals surface area contributed by atoms with Crippen LogP contribution in [0.2, 0.25) is 5.02 Å². The lowest BCUT2D eigenvalue weighted by Gasteiger charge is -2.15. The topological polar surface area (TPSA) is 67.8 Å². The van der Waals surface area contributed by atoms with Crippen molar-refractivity contribution in [2.75, 3.05) is 25.1 Å². The first-order valence-electron chi connectivity index (χ1n) is 8.88. The number of aliphatic hydroxyl groups excluding tert-OH is 1. The van der Waals surface area contributed by atoms with Gasteiger partial charge in [0.2, 0.25) is 0 Å². The van der Waals surface area contributed by atoms with Crippen molar-refractivity contribution in [3.05, 3.63) is 58.6 Å². The van der Waals surface area contributed by atoms with Crippen LogP contribution in [0.5, 0.6) is 5.75 Å². The summed E-state index contributed by atoms with van der Waals surface area (Å²) in [7, 11) is 0. The Bertz CT molecular complexity index is 830. The van der Waals surface area contributed by atoms with E-state index in [1.54, 1.807) is 12.1 Å². The second-order valence-electron chi connectivity index (χ2n) is 6.09. The van der Waals surface area contributed by atoms with Crippen LogP contribution in [0.4, 0.5) is 18.9 Å². The van der Waals surface area contributed by atoms with Crippen molar-refractivity contribution in [2.24, 2.45) is 0 Å². The third kappa shape index (κ3) is 6.92. The van der Waals surface area contributed by atoms with Gasteiger partial charge in [-0.05, 0) is 43.7 Å². The Kier molecular flexibility index (Phi) is 8.31. The Morgan fingerprint density at radius 2 is 1.97 bits per heavy atom. The molecule has 1 amide bonds. The summed E-state index contributed by atoms with van der Waals surface area (Å²) in [6, 6.07) is 9.35. The van der Waals surface area contributed by atoms with Crippen LogP contribution in [0.15, 0.2) is 42.5 Å². The molecule has 0 aliphatic rings. The highest BCUT2D eigenvalue weighted by Gasteiger charge is 2.33. The van der Waals surface area contributed by atoms with Crippen LogP contribution in [-0.4, -0.2) is 36.9 Å². The minimum Gasteiger partial charge on any atom is -0.490 e. The maximum absolute atomic E-state index is 13.0. The molecule has 5 nitrogen and oxygen atoms in total. The summed E-state index contributed by atoms with van der Waals surface area (Å²) >= 11 is 5.59. The van der Waals surface area contributed by atoms with E-state index in [2.05, 4.69) is 5.32 Å². The van der Waals surface area contributed by atoms with Gasteiger partial charge in [-0.15, -0.1) is 0 Å². The molecule has 2 N–H and O–H groups in total. The van der Waals surface area contributed by atoms with Crippen LogP contribution >= 0.6 is 11.6 Å². The third-order valence-corrected chi connectivity index (χ3v) is 4.22. The van der Waals surface area contributed by atoms with Gasteiger partial charge >= 0.3 is 6.18 Å². The van der Waals surface area contributed by atoms with Gasteiger partial charge in [0, 0.05) is 18.9 Å². The molecule has 2 aromatic carbocycles. The van der Waals surface area contributed by atoms with Gasteiger partial charge in [0.15, 0.2) is 0 Å². The first kappa shape index (κ1) is 23.0. The Hall–Kier alpha value is -2.29. The molecule has 1 atom stereocenters. The minimum atomic E-state index is -4.64. The van der Waals surface area contributed by atoms with Crippen molar-refractivity contribution >= 4 is 23.2 Å². The molecule has 0 bridgehead atoms. The molecule has 1 unspecified atom stereocenters. The number of alkyl halides is 3. The lowest BCUT2D eigenvalue weighted by atomic mass is 10.1. The van der Waals surface area contributed by atoms with Gasteiger partial charge in [-0.3, -0.25) is 4.79 Å². The first-order chi connectivity index (χ1) is 13.7. The number of nitrogens with one attached hydrogen (secondary N) is 1. The highest BCUT2D eigenvalue weighted by atomic mass is 35.5. The summed E-state index contributed by atoms with van der Waals surface area (Å²) < 4.78 is 49.6. The van der Waals surface area contributed by atoms with Crippen LogP contribution in [0.1, 0.15) is 29.3 Å². The normalized spacial score (nSPS) is 12.5. The number of para-hydroxylation sites is 1. The van der Waals surface area contributed by atoms with E-state index >= 15 is 0 Å². The second-order valence-corrected chi connectivity index (χ2v) is 6.50. The fourth-order valence-electron chi connectivity index (χ4n) is 2.43. The first-order valence-corrected chi connectivity index (χ1v) is 9.26. The van der Waals surface area contributed by atoms with Gasteiger partial charge in [-0.25, -0.2) is 0 Å². The van der Waals surface area contributed by atoms with Gasteiger partial charge in [0.1, 0.15) is 12.4 Å². The van der Waals surface area contributed by atoms with Gasteiger partial charge in [-0.2, -0.15) is 13.2 Å². The average Bonchev–Trinajstić information content (AvgIpc) is 2.67. The molecular weight excluding hydrogens is 411 g/mol. The molecule has 0 saturated heterocycles. The summed E-state index contributed by atoms with van der Waals surface area (Å²) in [5, 5.41) is 11.9. The molecule has 0 fully saturated rings. The van der Waals surface area contributed by atoms with Crippen LogP contribution in [0, 0.1) is 0 Å². The van der Waals surface area contributed by atoms with Crippen LogP contribution in [0.3, 0.4) is 0 Å². The molecule has 2 rings (SSSR count). The summed E-state index contributed by atoms with van der Waals surface area (Å²) in [5.74, 6) is -0.453. The lowest BCUT2D eigenvalue weighted by molar-refractivity contribution is -0.137. The molecule has 0 aromatic heterocycles. The predicted molar refractivity (Wildman–Crippen MR) is 103 cm³/mol. The molecule has 0 heterocycles. The van der Waals surface area contributed by atoms with E-state index in [9.17, 15) is 23.1 Å². The Balaban J connectivity index is 2.08. The monoisotopic (exact) mass is 431 g/mol. The zero-order valence-corrected chi connectivity index (χ0v) is 16.4. The molecular formula is C20H21ClF3NO4. The maximum Gasteiger partial charge on any atom is 0.417 e. The van der Waals surface area contributed by atoms with Crippen molar-refractivity contribution in [1.29, 1.82) is 0 Å². The summed E-state index contributed by atoms with van der Waals surface area (Å²) in [6.45, 7) is 2.70. The average molecular weight is 432 g/mol. The zero-order valence-electron chi connectivity index (χ0n) is 15.6. The van der Waals surface area contributed by atoms with E-state index in [1.165, 1.54) is 18.2 Å². The summed E-state index contributed by atoms with van der Waals surface area (Å²) in [4.78, 5) is 12.5. The molecule has 0 radical (unpaired) electrons. The number of aliphatic hydroxyl groups is 1. The SMILES string of the molecule is CCOCCC(O)COc1ccccc1C(=O)Nc1ccc(Cl)c(C(F)(F)F)c1. The number of amides is 1. The summed E-state index contributed by atoms with van der Waals surface area (Å²) in [5.41, 5.74) is -0.981. The van der Waals surface area contributed by atoms with Crippen LogP contribution in [0.25, 0.3) is 0 Å². The van der Waals surface area contributed by atoms with Gasteiger partial charge in [0.25, 0.3) is 5.91 Å². The fourth-order valence-corrected chi connectivity index (χ4v) is 2.66. The predicted octanol–water partition coefficient (Wildman–Crippen LogP) is 4.78. The van der Waals surface area contributed by atoms with Crippen molar-refractivity contribution in [3.63, 3.8) is 0 Å². The number of hydrogen-bond donors (Lipinski definition) is 2. The Morgan fingerprint density at radius 1 is 1.24 bits per heavy atom. The van der Waals surface area contributed by atoms with Gasteiger partial charge < -0.3 is 19.9 Å². The number of ether oxygens (including phenoxy) is 2. The smallest absolute Gasteiger partial charge is 0.417 e. The number of rotatable bonds is 9. The highest BCUT2D eigenvalue weighted by molar-refractivity contribution is 6.31. The maximum atomic E-state index is 13.0. The zero-order chi connectivity index (χ0) is 21.4. The molecule has 0 aliphatic carbocycles. The number of hydrogen-bond acceptors (Lipinski definition) is 4. The van der Waals surface area contributed by atoms with Gasteiger partial charge in [-0.1, -0.05) is 23.7 Å². The number of halogens is 4. The number of anilines is 1. The Morgan fingerprint density at radius 3 is 2.66 bits per heavy atom. The number of benzene rings is 2. The standard InChI is InChI=1S/C20H21ClF3NO4/c1-2-28-10-9-14(26)12-29-18-6-4-3-5-15(18)19(27)25-13-7-8-17(21)16(11-13)20(22,23)24/h3-8,11,14,26H,2,9-10,12H2,1H3,(H,25,27). The van der Waals surface area contributed by atoms with E-state index in [1.807, 2.05) is 6.92 Å². The molecule has 0 spiro atoms. The third-order valence-electron chi connectivity index (χ3n) is 3.89. The van der Waals surface area contributed by atoms with E-state index in [4.69, 9.17) is 21.1 Å². The molecule has 2 aromatic rings. The molecule has 158 valence electrons. The number of carbonyl (C=O) groups is 1. The lowest BCUT2D eigenvalue weighted by Crippen LogP contribution is -2.21. The van der Waals surface area contributed by atoms with E-state index < -0.39 is 28.8 Å². The van der Waals surface area contributed by atoms with Gasteiger partial charge in [0.05, 0.1) is 22.3 Å².